The molecule has 3 rings (SSSR count). The molecule has 0 unspecified atom stereocenters. The zero-order valence-electron chi connectivity index (χ0n) is 7.79. The van der Waals surface area contributed by atoms with Gasteiger partial charge in [0.05, 0.1) is 12.0 Å². The third-order valence-electron chi connectivity index (χ3n) is 3.63. The van der Waals surface area contributed by atoms with E-state index in [9.17, 15) is 4.79 Å². The van der Waals surface area contributed by atoms with Gasteiger partial charge in [-0.15, -0.1) is 0 Å². The summed E-state index contributed by atoms with van der Waals surface area (Å²) in [4.78, 5) is 11.5. The van der Waals surface area contributed by atoms with E-state index in [2.05, 4.69) is 0 Å². The average molecular weight is 182 g/mol. The first kappa shape index (κ1) is 7.80. The SMILES string of the molecule is C[C@@]12CCC[C@H]3C[C@@H](C(=O)O1)[C@H]3O2. The molecule has 3 aliphatic rings. The van der Waals surface area contributed by atoms with Gasteiger partial charge in [-0.1, -0.05) is 0 Å². The second kappa shape index (κ2) is 2.27. The van der Waals surface area contributed by atoms with Crippen molar-refractivity contribution in [3.05, 3.63) is 0 Å². The van der Waals surface area contributed by atoms with E-state index in [1.165, 1.54) is 6.42 Å². The molecule has 2 saturated heterocycles. The molecule has 2 bridgehead atoms. The molecule has 1 aliphatic carbocycles. The second-order valence-corrected chi connectivity index (χ2v) is 4.63. The Kier molecular flexibility index (Phi) is 1.36. The molecular weight excluding hydrogens is 168 g/mol. The molecule has 3 fully saturated rings. The van der Waals surface area contributed by atoms with E-state index in [1.807, 2.05) is 6.92 Å². The molecule has 2 aliphatic heterocycles. The summed E-state index contributed by atoms with van der Waals surface area (Å²) in [6.07, 6.45) is 4.34. The van der Waals surface area contributed by atoms with Gasteiger partial charge in [0.15, 0.2) is 0 Å². The van der Waals surface area contributed by atoms with Gasteiger partial charge in [-0.3, -0.25) is 4.79 Å². The largest absolute Gasteiger partial charge is 0.433 e. The molecule has 0 amide bonds. The van der Waals surface area contributed by atoms with Crippen molar-refractivity contribution in [2.45, 2.75) is 44.5 Å². The fourth-order valence-corrected chi connectivity index (χ4v) is 2.81. The van der Waals surface area contributed by atoms with Gasteiger partial charge in [0, 0.05) is 13.3 Å². The molecule has 2 heterocycles. The number of hydrogen-bond donors (Lipinski definition) is 0. The minimum atomic E-state index is -0.604. The standard InChI is InChI=1S/C10H14O3/c1-10-4-2-3-6-5-7(8(6)12-10)9(11)13-10/h6-8H,2-5H2,1H3/t6-,7+,8-,10-/m0/s1. The van der Waals surface area contributed by atoms with Crippen LogP contribution in [-0.2, 0) is 14.3 Å². The summed E-state index contributed by atoms with van der Waals surface area (Å²) in [7, 11) is 0. The first-order valence-electron chi connectivity index (χ1n) is 5.09. The molecular formula is C10H14O3. The molecule has 3 heteroatoms. The number of esters is 1. The smallest absolute Gasteiger partial charge is 0.314 e. The molecule has 3 nitrogen and oxygen atoms in total. The summed E-state index contributed by atoms with van der Waals surface area (Å²) in [6, 6.07) is 0. The van der Waals surface area contributed by atoms with Crippen molar-refractivity contribution in [2.75, 3.05) is 0 Å². The topological polar surface area (TPSA) is 35.5 Å². The summed E-state index contributed by atoms with van der Waals surface area (Å²) >= 11 is 0. The lowest BCUT2D eigenvalue weighted by molar-refractivity contribution is -0.303. The van der Waals surface area contributed by atoms with E-state index in [4.69, 9.17) is 9.47 Å². The van der Waals surface area contributed by atoms with Crippen LogP contribution in [0.1, 0.15) is 32.6 Å². The van der Waals surface area contributed by atoms with Crippen molar-refractivity contribution in [3.63, 3.8) is 0 Å². The maximum Gasteiger partial charge on any atom is 0.314 e. The second-order valence-electron chi connectivity index (χ2n) is 4.63. The van der Waals surface area contributed by atoms with Gasteiger partial charge in [-0.05, 0) is 25.2 Å². The van der Waals surface area contributed by atoms with Crippen LogP contribution in [0.2, 0.25) is 0 Å². The van der Waals surface area contributed by atoms with E-state index < -0.39 is 5.79 Å². The summed E-state index contributed by atoms with van der Waals surface area (Å²) in [5.74, 6) is 0.0423. The zero-order valence-corrected chi connectivity index (χ0v) is 7.79. The fraction of sp³-hybridized carbons (Fsp3) is 0.900. The summed E-state index contributed by atoms with van der Waals surface area (Å²) < 4.78 is 11.1. The van der Waals surface area contributed by atoms with Gasteiger partial charge in [0.2, 0.25) is 5.79 Å². The first-order valence-corrected chi connectivity index (χ1v) is 5.09. The molecule has 0 aromatic heterocycles. The van der Waals surface area contributed by atoms with Crippen LogP contribution in [-0.4, -0.2) is 17.9 Å². The number of carbonyl (C=O) groups excluding carboxylic acids is 1. The predicted molar refractivity (Wildman–Crippen MR) is 44.8 cm³/mol. The molecule has 72 valence electrons. The van der Waals surface area contributed by atoms with E-state index >= 15 is 0 Å². The monoisotopic (exact) mass is 182 g/mol. The van der Waals surface area contributed by atoms with Crippen molar-refractivity contribution in [1.29, 1.82) is 0 Å². The number of rotatable bonds is 0. The Balaban J connectivity index is 1.93. The zero-order chi connectivity index (χ0) is 9.05. The van der Waals surface area contributed by atoms with Gasteiger partial charge in [0.1, 0.15) is 0 Å². The Hall–Kier alpha value is -0.570. The lowest BCUT2D eigenvalue weighted by Gasteiger charge is -2.49. The normalized spacial score (nSPS) is 53.3. The highest BCUT2D eigenvalue weighted by atomic mass is 16.7. The van der Waals surface area contributed by atoms with Crippen LogP contribution in [0.5, 0.6) is 0 Å². The van der Waals surface area contributed by atoms with Gasteiger partial charge < -0.3 is 9.47 Å². The third kappa shape index (κ3) is 0.966. The molecule has 0 radical (unpaired) electrons. The van der Waals surface area contributed by atoms with E-state index in [-0.39, 0.29) is 18.0 Å². The summed E-state index contributed by atoms with van der Waals surface area (Å²) in [6.45, 7) is 1.89. The van der Waals surface area contributed by atoms with Gasteiger partial charge in [0.25, 0.3) is 0 Å². The summed E-state index contributed by atoms with van der Waals surface area (Å²) in [5, 5.41) is 0. The van der Waals surface area contributed by atoms with Crippen molar-refractivity contribution >= 4 is 5.97 Å². The van der Waals surface area contributed by atoms with Gasteiger partial charge >= 0.3 is 5.97 Å². The van der Waals surface area contributed by atoms with Crippen LogP contribution < -0.4 is 0 Å². The van der Waals surface area contributed by atoms with Crippen LogP contribution in [0.15, 0.2) is 0 Å². The number of carbonyl (C=O) groups is 1. The highest BCUT2D eigenvalue weighted by molar-refractivity contribution is 5.75. The predicted octanol–water partition coefficient (Wildman–Crippen LogP) is 1.46. The molecule has 4 atom stereocenters. The first-order chi connectivity index (χ1) is 6.18. The average Bonchev–Trinajstić information content (AvgIpc) is 2.12. The van der Waals surface area contributed by atoms with E-state index in [0.717, 1.165) is 19.3 Å². The van der Waals surface area contributed by atoms with Crippen LogP contribution in [0.25, 0.3) is 0 Å². The van der Waals surface area contributed by atoms with Crippen molar-refractivity contribution < 1.29 is 14.3 Å². The Morgan fingerprint density at radius 3 is 3.23 bits per heavy atom. The third-order valence-corrected chi connectivity index (χ3v) is 3.63. The van der Waals surface area contributed by atoms with Crippen LogP contribution in [0.4, 0.5) is 0 Å². The van der Waals surface area contributed by atoms with Gasteiger partial charge in [-0.2, -0.15) is 0 Å². The minimum absolute atomic E-state index is 0.0306. The lowest BCUT2D eigenvalue weighted by Crippen LogP contribution is -2.57. The minimum Gasteiger partial charge on any atom is -0.433 e. The van der Waals surface area contributed by atoms with Crippen LogP contribution >= 0.6 is 0 Å². The number of ether oxygens (including phenoxy) is 2. The lowest BCUT2D eigenvalue weighted by atomic mass is 9.70. The van der Waals surface area contributed by atoms with Crippen molar-refractivity contribution in [1.82, 2.24) is 0 Å². The maximum atomic E-state index is 11.5. The number of hydrogen-bond acceptors (Lipinski definition) is 3. The highest BCUT2D eigenvalue weighted by Gasteiger charge is 2.56. The summed E-state index contributed by atoms with van der Waals surface area (Å²) in [5.41, 5.74) is 0. The molecule has 1 saturated carbocycles. The number of fused-ring (bicyclic) bond motifs is 1. The quantitative estimate of drug-likeness (QED) is 0.532. The van der Waals surface area contributed by atoms with Crippen LogP contribution in [0.3, 0.4) is 0 Å². The van der Waals surface area contributed by atoms with Crippen LogP contribution in [0, 0.1) is 11.8 Å². The van der Waals surface area contributed by atoms with Gasteiger partial charge in [-0.25, -0.2) is 0 Å². The van der Waals surface area contributed by atoms with E-state index in [0.29, 0.717) is 5.92 Å². The Morgan fingerprint density at radius 1 is 1.54 bits per heavy atom. The molecule has 0 aromatic carbocycles. The van der Waals surface area contributed by atoms with Crippen molar-refractivity contribution in [3.8, 4) is 0 Å². The Labute approximate surface area is 77.4 Å². The van der Waals surface area contributed by atoms with Crippen molar-refractivity contribution in [2.24, 2.45) is 11.8 Å². The molecule has 0 N–H and O–H groups in total. The molecule has 13 heavy (non-hydrogen) atoms. The molecule has 0 spiro atoms. The Morgan fingerprint density at radius 2 is 2.38 bits per heavy atom. The molecule has 0 aromatic rings. The fourth-order valence-electron chi connectivity index (χ4n) is 2.81. The van der Waals surface area contributed by atoms with E-state index in [1.54, 1.807) is 0 Å². The Bertz CT molecular complexity index is 263. The maximum absolute atomic E-state index is 11.5. The highest BCUT2D eigenvalue weighted by Crippen LogP contribution is 2.49.